The van der Waals surface area contributed by atoms with Crippen molar-refractivity contribution >= 4 is 0 Å². The summed E-state index contributed by atoms with van der Waals surface area (Å²) >= 11 is 0. The first-order chi connectivity index (χ1) is 15.7. The molecule has 0 bridgehead atoms. The van der Waals surface area contributed by atoms with E-state index < -0.39 is 0 Å². The second-order valence-electron chi connectivity index (χ2n) is 8.87. The van der Waals surface area contributed by atoms with Gasteiger partial charge in [0.1, 0.15) is 12.1 Å². The van der Waals surface area contributed by atoms with E-state index in [9.17, 15) is 9.50 Å². The molecule has 0 radical (unpaired) electrons. The van der Waals surface area contributed by atoms with Gasteiger partial charge in [0.05, 0.1) is 6.61 Å². The molecule has 5 rings (SSSR count). The zero-order chi connectivity index (χ0) is 21.9. The van der Waals surface area contributed by atoms with Crippen LogP contribution in [0.1, 0.15) is 29.9 Å². The number of benzene rings is 2. The smallest absolute Gasteiger partial charge is 0.131 e. The second kappa shape index (κ2) is 9.45. The Balaban J connectivity index is 1.37. The first kappa shape index (κ1) is 21.2. The van der Waals surface area contributed by atoms with Crippen molar-refractivity contribution in [2.24, 2.45) is 0 Å². The van der Waals surface area contributed by atoms with Crippen LogP contribution < -0.4 is 0 Å². The molecule has 0 aliphatic carbocycles. The van der Waals surface area contributed by atoms with Crippen LogP contribution in [-0.2, 0) is 6.54 Å². The van der Waals surface area contributed by atoms with E-state index in [-0.39, 0.29) is 24.4 Å². The minimum atomic E-state index is -0.205. The van der Waals surface area contributed by atoms with Gasteiger partial charge in [0.2, 0.25) is 0 Å². The van der Waals surface area contributed by atoms with Crippen molar-refractivity contribution in [3.8, 4) is 11.1 Å². The van der Waals surface area contributed by atoms with Crippen molar-refractivity contribution < 1.29 is 9.50 Å². The van der Waals surface area contributed by atoms with Crippen LogP contribution in [0.4, 0.5) is 4.39 Å². The number of nitrogens with zero attached hydrogens (tertiary/aromatic N) is 4. The second-order valence-corrected chi connectivity index (χ2v) is 8.87. The summed E-state index contributed by atoms with van der Waals surface area (Å²) in [7, 11) is 0. The average molecular weight is 433 g/mol. The summed E-state index contributed by atoms with van der Waals surface area (Å²) in [6, 6.07) is 15.6. The zero-order valence-corrected chi connectivity index (χ0v) is 18.1. The average Bonchev–Trinajstić information content (AvgIpc) is 2.81. The molecular formula is C26H29FN4O. The van der Waals surface area contributed by atoms with Crippen molar-refractivity contribution in [2.45, 2.75) is 37.4 Å². The summed E-state index contributed by atoms with van der Waals surface area (Å²) in [5.74, 6) is 0.0612. The van der Waals surface area contributed by atoms with Crippen LogP contribution in [0.2, 0.25) is 0 Å². The molecule has 166 valence electrons. The van der Waals surface area contributed by atoms with Crippen LogP contribution in [0.5, 0.6) is 0 Å². The maximum atomic E-state index is 14.2. The lowest BCUT2D eigenvalue weighted by molar-refractivity contribution is -0.0655. The highest BCUT2D eigenvalue weighted by molar-refractivity contribution is 5.64. The summed E-state index contributed by atoms with van der Waals surface area (Å²) < 4.78 is 14.2. The van der Waals surface area contributed by atoms with E-state index in [1.54, 1.807) is 12.4 Å². The highest BCUT2D eigenvalue weighted by atomic mass is 19.1. The number of aromatic nitrogens is 2. The van der Waals surface area contributed by atoms with Crippen LogP contribution in [-0.4, -0.2) is 63.2 Å². The lowest BCUT2D eigenvalue weighted by atomic mass is 9.74. The number of hydrogen-bond acceptors (Lipinski definition) is 5. The number of halogens is 1. The number of fused-ring (bicyclic) bond motifs is 1. The molecule has 3 aromatic rings. The minimum absolute atomic E-state index is 0.138. The minimum Gasteiger partial charge on any atom is -0.395 e. The number of rotatable bonds is 5. The molecule has 3 heterocycles. The summed E-state index contributed by atoms with van der Waals surface area (Å²) in [5.41, 5.74) is 3.85. The molecule has 6 heteroatoms. The first-order valence-corrected chi connectivity index (χ1v) is 11.4. The van der Waals surface area contributed by atoms with Crippen molar-refractivity contribution in [3.63, 3.8) is 0 Å². The predicted octanol–water partition coefficient (Wildman–Crippen LogP) is 3.71. The fourth-order valence-electron chi connectivity index (χ4n) is 5.41. The maximum Gasteiger partial charge on any atom is 0.131 e. The van der Waals surface area contributed by atoms with E-state index in [1.807, 2.05) is 36.7 Å². The molecule has 2 aliphatic heterocycles. The Labute approximate surface area is 188 Å². The van der Waals surface area contributed by atoms with E-state index in [2.05, 4.69) is 31.9 Å². The quantitative estimate of drug-likeness (QED) is 0.666. The van der Waals surface area contributed by atoms with Gasteiger partial charge < -0.3 is 5.11 Å². The third kappa shape index (κ3) is 4.18. The van der Waals surface area contributed by atoms with Gasteiger partial charge in [-0.3, -0.25) is 9.80 Å². The lowest BCUT2D eigenvalue weighted by Gasteiger charge is -2.57. The van der Waals surface area contributed by atoms with E-state index in [1.165, 1.54) is 11.6 Å². The monoisotopic (exact) mass is 432 g/mol. The van der Waals surface area contributed by atoms with Crippen molar-refractivity contribution in [1.29, 1.82) is 0 Å². The van der Waals surface area contributed by atoms with E-state index in [0.29, 0.717) is 11.6 Å². The van der Waals surface area contributed by atoms with Crippen LogP contribution in [0.25, 0.3) is 11.1 Å². The van der Waals surface area contributed by atoms with Crippen molar-refractivity contribution in [2.75, 3.05) is 26.2 Å². The highest BCUT2D eigenvalue weighted by Gasteiger charge is 2.49. The molecule has 1 N–H and O–H groups in total. The molecule has 2 aliphatic rings. The van der Waals surface area contributed by atoms with Crippen molar-refractivity contribution in [3.05, 3.63) is 84.2 Å². The van der Waals surface area contributed by atoms with Gasteiger partial charge in [-0.25, -0.2) is 14.4 Å². The Morgan fingerprint density at radius 2 is 1.72 bits per heavy atom. The predicted molar refractivity (Wildman–Crippen MR) is 122 cm³/mol. The normalized spacial score (nSPS) is 24.2. The number of aliphatic hydroxyl groups is 1. The molecule has 2 fully saturated rings. The molecule has 3 atom stereocenters. The molecule has 0 spiro atoms. The Morgan fingerprint density at radius 1 is 0.969 bits per heavy atom. The third-order valence-corrected chi connectivity index (χ3v) is 6.95. The van der Waals surface area contributed by atoms with Gasteiger partial charge >= 0.3 is 0 Å². The SMILES string of the molecule is OC[C@H]1[C@H](c2ccc(-c3ccccc3F)cc2)[C@H]2CN(Cc3cncnc3)CCCCN21. The molecule has 5 nitrogen and oxygen atoms in total. The Kier molecular flexibility index (Phi) is 6.26. The lowest BCUT2D eigenvalue weighted by Crippen LogP contribution is -2.67. The fraction of sp³-hybridized carbons (Fsp3) is 0.385. The van der Waals surface area contributed by atoms with Gasteiger partial charge in [-0.05, 0) is 43.1 Å². The Morgan fingerprint density at radius 3 is 2.47 bits per heavy atom. The van der Waals surface area contributed by atoms with Gasteiger partial charge in [0.25, 0.3) is 0 Å². The molecule has 0 saturated carbocycles. The Bertz CT molecular complexity index is 1030. The largest absolute Gasteiger partial charge is 0.395 e. The summed E-state index contributed by atoms with van der Waals surface area (Å²) in [4.78, 5) is 13.3. The molecule has 1 aromatic heterocycles. The number of hydrogen-bond donors (Lipinski definition) is 1. The van der Waals surface area contributed by atoms with Crippen LogP contribution >= 0.6 is 0 Å². The first-order valence-electron chi connectivity index (χ1n) is 11.4. The molecular weight excluding hydrogens is 403 g/mol. The van der Waals surface area contributed by atoms with E-state index in [0.717, 1.165) is 50.1 Å². The standard InChI is InChI=1S/C26H29FN4O/c27-23-6-2-1-5-22(23)20-7-9-21(10-8-20)26-24-16-30(15-19-13-28-18-29-14-19)11-3-4-12-31(24)25(26)17-32/h1-2,5-10,13-14,18,24-26,32H,3-4,11-12,15-17H2/t24-,25+,26-/m1/s1. The zero-order valence-electron chi connectivity index (χ0n) is 18.1. The van der Waals surface area contributed by atoms with Gasteiger partial charge in [-0.2, -0.15) is 0 Å². The Hall–Kier alpha value is -2.67. The van der Waals surface area contributed by atoms with Gasteiger partial charge in [-0.1, -0.05) is 42.5 Å². The van der Waals surface area contributed by atoms with Gasteiger partial charge in [0.15, 0.2) is 0 Å². The molecule has 0 amide bonds. The van der Waals surface area contributed by atoms with E-state index >= 15 is 0 Å². The molecule has 2 aromatic carbocycles. The van der Waals surface area contributed by atoms with E-state index in [4.69, 9.17) is 0 Å². The van der Waals surface area contributed by atoms with Crippen LogP contribution in [0, 0.1) is 5.82 Å². The summed E-state index contributed by atoms with van der Waals surface area (Å²) in [5, 5.41) is 10.2. The highest BCUT2D eigenvalue weighted by Crippen LogP contribution is 2.42. The van der Waals surface area contributed by atoms with Crippen LogP contribution in [0.3, 0.4) is 0 Å². The van der Waals surface area contributed by atoms with Crippen LogP contribution in [0.15, 0.2) is 67.3 Å². The summed E-state index contributed by atoms with van der Waals surface area (Å²) in [6.45, 7) is 4.03. The fourth-order valence-corrected chi connectivity index (χ4v) is 5.41. The third-order valence-electron chi connectivity index (χ3n) is 6.95. The van der Waals surface area contributed by atoms with Gasteiger partial charge in [0, 0.05) is 54.6 Å². The number of aliphatic hydroxyl groups excluding tert-OH is 1. The maximum absolute atomic E-state index is 14.2. The van der Waals surface area contributed by atoms with Gasteiger partial charge in [-0.15, -0.1) is 0 Å². The topological polar surface area (TPSA) is 52.5 Å². The summed E-state index contributed by atoms with van der Waals surface area (Å²) in [6.07, 6.45) is 7.63. The molecule has 2 saturated heterocycles. The molecule has 32 heavy (non-hydrogen) atoms. The van der Waals surface area contributed by atoms with Crippen molar-refractivity contribution in [1.82, 2.24) is 19.8 Å². The molecule has 0 unspecified atom stereocenters.